The molecule has 2 heterocycles. The van der Waals surface area contributed by atoms with Crippen LogP contribution in [0.25, 0.3) is 10.9 Å². The number of nitrogens with two attached hydrogens (primary N) is 2. The Bertz CT molecular complexity index is 909. The summed E-state index contributed by atoms with van der Waals surface area (Å²) in [6.45, 7) is 0. The Balaban J connectivity index is 0.000000518. The number of halogens is 2. The number of rotatable bonds is 6. The standard InChI is InChI=1S/C10H11N3O2.C7H9N3O2.2ClH/c11-7(10(14)15)5-9-6-3-1-2-4-8(6)12-13-9;8-6(7(11)12)3-5-1-2-9-10-4-5;;/h1-4,7H,5,11H2,(H,12,13)(H,14,15);1-2,4,6H,3,8H2,(H,11,12);2*1H. The highest BCUT2D eigenvalue weighted by atomic mass is 35.5. The average molecular weight is 445 g/mol. The van der Waals surface area contributed by atoms with Crippen molar-refractivity contribution in [3.8, 4) is 0 Å². The number of fused-ring (bicyclic) bond motifs is 1. The van der Waals surface area contributed by atoms with Crippen LogP contribution in [0.3, 0.4) is 0 Å². The van der Waals surface area contributed by atoms with Gasteiger partial charge in [0, 0.05) is 23.7 Å². The summed E-state index contributed by atoms with van der Waals surface area (Å²) in [6.07, 6.45) is 3.55. The molecule has 1 aromatic carbocycles. The average Bonchev–Trinajstić information content (AvgIpc) is 3.06. The number of hydrogen-bond acceptors (Lipinski definition) is 7. The first kappa shape index (κ1) is 26.2. The van der Waals surface area contributed by atoms with Gasteiger partial charge in [-0.2, -0.15) is 15.3 Å². The van der Waals surface area contributed by atoms with E-state index in [9.17, 15) is 9.59 Å². The van der Waals surface area contributed by atoms with Gasteiger partial charge in [0.15, 0.2) is 0 Å². The number of aromatic nitrogens is 4. The Morgan fingerprint density at radius 2 is 1.59 bits per heavy atom. The zero-order chi connectivity index (χ0) is 19.8. The summed E-state index contributed by atoms with van der Waals surface area (Å²) in [5, 5.41) is 32.1. The molecule has 2 unspecified atom stereocenters. The van der Waals surface area contributed by atoms with Crippen LogP contribution in [0.5, 0.6) is 0 Å². The maximum Gasteiger partial charge on any atom is 0.320 e. The zero-order valence-electron chi connectivity index (χ0n) is 15.1. The topological polar surface area (TPSA) is 181 Å². The number of hydrogen-bond donors (Lipinski definition) is 5. The van der Waals surface area contributed by atoms with Gasteiger partial charge in [-0.3, -0.25) is 14.7 Å². The summed E-state index contributed by atoms with van der Waals surface area (Å²) >= 11 is 0. The van der Waals surface area contributed by atoms with Gasteiger partial charge in [-0.05, 0) is 24.1 Å². The molecule has 0 aliphatic heterocycles. The van der Waals surface area contributed by atoms with Crippen molar-refractivity contribution < 1.29 is 19.8 Å². The Morgan fingerprint density at radius 3 is 2.17 bits per heavy atom. The van der Waals surface area contributed by atoms with Crippen molar-refractivity contribution in [2.45, 2.75) is 24.9 Å². The second-order valence-electron chi connectivity index (χ2n) is 5.77. The lowest BCUT2D eigenvalue weighted by Crippen LogP contribution is -2.32. The number of H-pyrrole nitrogens is 1. The molecule has 12 heteroatoms. The molecule has 0 amide bonds. The number of carboxylic acid groups (broad SMARTS) is 2. The SMILES string of the molecule is Cl.Cl.NC(Cc1[nH]nc2ccccc12)C(=O)O.NC(Cc1ccnnc1)C(=O)O. The third kappa shape index (κ3) is 8.00. The van der Waals surface area contributed by atoms with Crippen LogP contribution in [0.1, 0.15) is 11.3 Å². The highest BCUT2D eigenvalue weighted by Gasteiger charge is 2.15. The van der Waals surface area contributed by atoms with E-state index in [1.165, 1.54) is 12.4 Å². The van der Waals surface area contributed by atoms with Crippen molar-refractivity contribution in [2.75, 3.05) is 0 Å². The lowest BCUT2D eigenvalue weighted by Gasteiger charge is -2.04. The maximum absolute atomic E-state index is 10.6. The summed E-state index contributed by atoms with van der Waals surface area (Å²) in [6, 6.07) is 7.45. The summed E-state index contributed by atoms with van der Waals surface area (Å²) in [4.78, 5) is 20.9. The Kier molecular flexibility index (Phi) is 11.4. The van der Waals surface area contributed by atoms with Gasteiger partial charge >= 0.3 is 11.9 Å². The number of nitrogens with one attached hydrogen (secondary N) is 1. The van der Waals surface area contributed by atoms with E-state index in [4.69, 9.17) is 21.7 Å². The fourth-order valence-corrected chi connectivity index (χ4v) is 2.26. The van der Waals surface area contributed by atoms with Gasteiger partial charge in [0.1, 0.15) is 12.1 Å². The van der Waals surface area contributed by atoms with E-state index < -0.39 is 24.0 Å². The van der Waals surface area contributed by atoms with Crippen molar-refractivity contribution >= 4 is 47.7 Å². The molecule has 0 spiro atoms. The molecule has 10 nitrogen and oxygen atoms in total. The van der Waals surface area contributed by atoms with Crippen LogP contribution in [0.2, 0.25) is 0 Å². The van der Waals surface area contributed by atoms with Crippen LogP contribution in [0.4, 0.5) is 0 Å². The molecule has 0 radical (unpaired) electrons. The van der Waals surface area contributed by atoms with E-state index in [2.05, 4.69) is 20.4 Å². The number of carbonyl (C=O) groups is 2. The first-order chi connectivity index (χ1) is 12.9. The van der Waals surface area contributed by atoms with Gasteiger partial charge in [0.2, 0.25) is 0 Å². The minimum absolute atomic E-state index is 0. The lowest BCUT2D eigenvalue weighted by molar-refractivity contribution is -0.139. The predicted octanol–water partition coefficient (Wildman–Crippen LogP) is 0.792. The number of nitrogens with zero attached hydrogens (tertiary/aromatic N) is 3. The van der Waals surface area contributed by atoms with Gasteiger partial charge in [0.05, 0.1) is 11.7 Å². The quantitative estimate of drug-likeness (QED) is 0.366. The predicted molar refractivity (Wildman–Crippen MR) is 111 cm³/mol. The fraction of sp³-hybridized carbons (Fsp3) is 0.235. The monoisotopic (exact) mass is 444 g/mol. The molecule has 0 saturated heterocycles. The van der Waals surface area contributed by atoms with Crippen LogP contribution in [0.15, 0.2) is 42.7 Å². The summed E-state index contributed by atoms with van der Waals surface area (Å²) in [7, 11) is 0. The highest BCUT2D eigenvalue weighted by molar-refractivity contribution is 5.85. The summed E-state index contributed by atoms with van der Waals surface area (Å²) < 4.78 is 0. The summed E-state index contributed by atoms with van der Waals surface area (Å²) in [5.74, 6) is -2.01. The van der Waals surface area contributed by atoms with E-state index in [1.54, 1.807) is 6.07 Å². The largest absolute Gasteiger partial charge is 0.480 e. The number of carboxylic acids is 2. The smallest absolute Gasteiger partial charge is 0.320 e. The van der Waals surface area contributed by atoms with Gasteiger partial charge in [-0.1, -0.05) is 18.2 Å². The first-order valence-electron chi connectivity index (χ1n) is 8.02. The van der Waals surface area contributed by atoms with Gasteiger partial charge in [-0.15, -0.1) is 24.8 Å². The van der Waals surface area contributed by atoms with Gasteiger partial charge in [-0.25, -0.2) is 0 Å². The minimum atomic E-state index is -1.01. The molecule has 0 saturated carbocycles. The van der Waals surface area contributed by atoms with E-state index in [1.807, 2.05) is 24.3 Å². The van der Waals surface area contributed by atoms with E-state index in [0.29, 0.717) is 0 Å². The van der Waals surface area contributed by atoms with Crippen molar-refractivity contribution in [1.29, 1.82) is 0 Å². The molecular formula is C17H22Cl2N6O4. The van der Waals surface area contributed by atoms with E-state index in [-0.39, 0.29) is 37.7 Å². The normalized spacial score (nSPS) is 11.8. The second kappa shape index (κ2) is 12.6. The molecule has 3 rings (SSSR count). The van der Waals surface area contributed by atoms with Gasteiger partial charge in [0.25, 0.3) is 0 Å². The molecule has 0 aliphatic carbocycles. The number of benzene rings is 1. The van der Waals surface area contributed by atoms with Crippen LogP contribution < -0.4 is 11.5 Å². The van der Waals surface area contributed by atoms with E-state index in [0.717, 1.165) is 22.2 Å². The molecule has 0 aliphatic rings. The van der Waals surface area contributed by atoms with E-state index >= 15 is 0 Å². The molecule has 3 aromatic rings. The molecule has 2 aromatic heterocycles. The minimum Gasteiger partial charge on any atom is -0.480 e. The Hall–Kier alpha value is -2.79. The fourth-order valence-electron chi connectivity index (χ4n) is 2.26. The lowest BCUT2D eigenvalue weighted by atomic mass is 10.1. The molecule has 0 fully saturated rings. The highest BCUT2D eigenvalue weighted by Crippen LogP contribution is 2.15. The third-order valence-electron chi connectivity index (χ3n) is 3.70. The maximum atomic E-state index is 10.6. The van der Waals surface area contributed by atoms with Crippen molar-refractivity contribution in [3.63, 3.8) is 0 Å². The summed E-state index contributed by atoms with van der Waals surface area (Å²) in [5.41, 5.74) is 13.1. The van der Waals surface area contributed by atoms with Crippen LogP contribution in [0, 0.1) is 0 Å². The number of aliphatic carboxylic acids is 2. The van der Waals surface area contributed by atoms with Crippen molar-refractivity contribution in [1.82, 2.24) is 20.4 Å². The Labute approximate surface area is 178 Å². The molecule has 0 bridgehead atoms. The molecule has 158 valence electrons. The van der Waals surface area contributed by atoms with Crippen LogP contribution >= 0.6 is 24.8 Å². The van der Waals surface area contributed by atoms with Crippen LogP contribution in [-0.2, 0) is 22.4 Å². The molecular weight excluding hydrogens is 423 g/mol. The second-order valence-corrected chi connectivity index (χ2v) is 5.77. The Morgan fingerprint density at radius 1 is 0.966 bits per heavy atom. The number of para-hydroxylation sites is 1. The zero-order valence-corrected chi connectivity index (χ0v) is 16.8. The van der Waals surface area contributed by atoms with Crippen LogP contribution in [-0.4, -0.2) is 54.6 Å². The molecule has 7 N–H and O–H groups in total. The number of aromatic amines is 1. The first-order valence-corrected chi connectivity index (χ1v) is 8.02. The van der Waals surface area contributed by atoms with Crippen molar-refractivity contribution in [3.05, 3.63) is 54.0 Å². The van der Waals surface area contributed by atoms with Gasteiger partial charge < -0.3 is 21.7 Å². The third-order valence-corrected chi connectivity index (χ3v) is 3.70. The molecule has 29 heavy (non-hydrogen) atoms. The molecule has 2 atom stereocenters. The van der Waals surface area contributed by atoms with Crippen molar-refractivity contribution in [2.24, 2.45) is 11.5 Å².